The Morgan fingerprint density at radius 1 is 1.35 bits per heavy atom. The van der Waals surface area contributed by atoms with Gasteiger partial charge in [-0.25, -0.2) is 14.3 Å². The van der Waals surface area contributed by atoms with Crippen molar-refractivity contribution in [3.8, 4) is 0 Å². The van der Waals surface area contributed by atoms with Gasteiger partial charge in [0.2, 0.25) is 5.78 Å². The summed E-state index contributed by atoms with van der Waals surface area (Å²) in [4.78, 5) is 24.4. The van der Waals surface area contributed by atoms with Crippen LogP contribution in [0.2, 0.25) is 0 Å². The van der Waals surface area contributed by atoms with E-state index in [0.717, 1.165) is 0 Å². The number of hydrogen-bond donors (Lipinski definition) is 1. The highest BCUT2D eigenvalue weighted by Gasteiger charge is 2.16. The zero-order chi connectivity index (χ0) is 13.7. The Balaban J connectivity index is 2.14. The van der Waals surface area contributed by atoms with Crippen LogP contribution in [-0.2, 0) is 6.54 Å². The molecule has 0 saturated carbocycles. The summed E-state index contributed by atoms with van der Waals surface area (Å²) in [5, 5.41) is 8.10. The van der Waals surface area contributed by atoms with E-state index >= 15 is 0 Å². The summed E-state index contributed by atoms with van der Waals surface area (Å²) in [6, 6.07) is 5.26. The van der Waals surface area contributed by atoms with Crippen molar-refractivity contribution in [2.45, 2.75) is 6.54 Å². The minimum atomic E-state index is -0.364. The minimum absolute atomic E-state index is 0.182. The smallest absolute Gasteiger partial charge is 0.349 e. The highest BCUT2D eigenvalue weighted by molar-refractivity contribution is 7.17. The summed E-state index contributed by atoms with van der Waals surface area (Å²) in [6.45, 7) is 0.230. The lowest BCUT2D eigenvalue weighted by atomic mass is 10.4. The van der Waals surface area contributed by atoms with Gasteiger partial charge in [0.15, 0.2) is 0 Å². The van der Waals surface area contributed by atoms with Crippen LogP contribution in [0.4, 0.5) is 0 Å². The van der Waals surface area contributed by atoms with Gasteiger partial charge in [-0.05, 0) is 23.6 Å². The molecular formula is C12H8N4O3S. The number of nitrogens with zero attached hydrogens (tertiary/aromatic N) is 3. The van der Waals surface area contributed by atoms with Crippen LogP contribution in [0.15, 0.2) is 43.8 Å². The van der Waals surface area contributed by atoms with Crippen LogP contribution >= 0.6 is 11.3 Å². The van der Waals surface area contributed by atoms with E-state index < -0.39 is 0 Å². The van der Waals surface area contributed by atoms with Crippen molar-refractivity contribution in [2.24, 2.45) is 0 Å². The SMILES string of the molecule is O=c1c2sccc2n2c(=O)[nH]nc2n1Cc1ccco1. The number of hydrogen-bond acceptors (Lipinski definition) is 5. The zero-order valence-corrected chi connectivity index (χ0v) is 10.9. The summed E-state index contributed by atoms with van der Waals surface area (Å²) in [6.07, 6.45) is 1.54. The molecule has 0 unspecified atom stereocenters. The number of fused-ring (bicyclic) bond motifs is 3. The molecule has 0 saturated heterocycles. The average Bonchev–Trinajstić information content (AvgIpc) is 3.14. The highest BCUT2D eigenvalue weighted by Crippen LogP contribution is 2.17. The van der Waals surface area contributed by atoms with Crippen molar-refractivity contribution in [1.82, 2.24) is 19.2 Å². The highest BCUT2D eigenvalue weighted by atomic mass is 32.1. The Labute approximate surface area is 114 Å². The van der Waals surface area contributed by atoms with Crippen LogP contribution < -0.4 is 11.2 Å². The molecule has 0 fully saturated rings. The fourth-order valence-electron chi connectivity index (χ4n) is 2.24. The van der Waals surface area contributed by atoms with Gasteiger partial charge in [0.1, 0.15) is 10.5 Å². The topological polar surface area (TPSA) is 85.3 Å². The molecule has 8 heteroatoms. The van der Waals surface area contributed by atoms with E-state index in [2.05, 4.69) is 10.2 Å². The van der Waals surface area contributed by atoms with Crippen molar-refractivity contribution >= 4 is 27.3 Å². The first kappa shape index (κ1) is 11.2. The van der Waals surface area contributed by atoms with Gasteiger partial charge in [-0.2, -0.15) is 0 Å². The van der Waals surface area contributed by atoms with Gasteiger partial charge < -0.3 is 4.42 Å². The number of aromatic nitrogens is 4. The Hall–Kier alpha value is -2.61. The van der Waals surface area contributed by atoms with Gasteiger partial charge in [0.25, 0.3) is 5.56 Å². The second-order valence-electron chi connectivity index (χ2n) is 4.27. The molecule has 0 atom stereocenters. The standard InChI is InChI=1S/C12H8N4O3S/c17-10-9-8(3-5-20-9)16-11(13-14-12(16)18)15(10)6-7-2-1-4-19-7/h1-5H,6H2,(H,14,18). The normalized spacial score (nSPS) is 11.6. The molecule has 0 aromatic carbocycles. The second kappa shape index (κ2) is 3.94. The Morgan fingerprint density at radius 3 is 3.05 bits per heavy atom. The van der Waals surface area contributed by atoms with E-state index in [4.69, 9.17) is 4.42 Å². The molecule has 0 aliphatic rings. The number of H-pyrrole nitrogens is 1. The third-order valence-corrected chi connectivity index (χ3v) is 4.01. The Kier molecular flexibility index (Phi) is 2.21. The number of rotatable bonds is 2. The number of furan rings is 1. The largest absolute Gasteiger partial charge is 0.467 e. The maximum atomic E-state index is 12.5. The molecule has 7 nitrogen and oxygen atoms in total. The fourth-order valence-corrected chi connectivity index (χ4v) is 3.06. The molecule has 100 valence electrons. The first-order valence-corrected chi connectivity index (χ1v) is 6.73. The lowest BCUT2D eigenvalue weighted by Gasteiger charge is -2.05. The Morgan fingerprint density at radius 2 is 2.25 bits per heavy atom. The lowest BCUT2D eigenvalue weighted by Crippen LogP contribution is -2.24. The van der Waals surface area contributed by atoms with Crippen LogP contribution in [0.3, 0.4) is 0 Å². The summed E-state index contributed by atoms with van der Waals surface area (Å²) in [5.74, 6) is 0.905. The third-order valence-electron chi connectivity index (χ3n) is 3.11. The van der Waals surface area contributed by atoms with E-state index in [0.29, 0.717) is 16.0 Å². The van der Waals surface area contributed by atoms with E-state index in [1.165, 1.54) is 26.6 Å². The van der Waals surface area contributed by atoms with Gasteiger partial charge in [0, 0.05) is 0 Å². The van der Waals surface area contributed by atoms with Crippen molar-refractivity contribution in [3.05, 3.63) is 56.4 Å². The third kappa shape index (κ3) is 1.42. The predicted octanol–water partition coefficient (Wildman–Crippen LogP) is 1.04. The van der Waals surface area contributed by atoms with Gasteiger partial charge in [-0.3, -0.25) is 9.36 Å². The summed E-state index contributed by atoms with van der Waals surface area (Å²) < 4.78 is 8.61. The van der Waals surface area contributed by atoms with Crippen molar-refractivity contribution < 1.29 is 4.42 Å². The van der Waals surface area contributed by atoms with Gasteiger partial charge >= 0.3 is 5.69 Å². The lowest BCUT2D eigenvalue weighted by molar-refractivity contribution is 0.492. The molecule has 0 aliphatic heterocycles. The first-order chi connectivity index (χ1) is 9.75. The Bertz CT molecular complexity index is 1020. The molecule has 4 aromatic heterocycles. The number of nitrogens with one attached hydrogen (secondary N) is 1. The summed E-state index contributed by atoms with van der Waals surface area (Å²) >= 11 is 1.30. The maximum Gasteiger partial charge on any atom is 0.349 e. The average molecular weight is 288 g/mol. The molecule has 4 rings (SSSR count). The predicted molar refractivity (Wildman–Crippen MR) is 73.3 cm³/mol. The van der Waals surface area contributed by atoms with E-state index in [1.807, 2.05) is 0 Å². The number of thiophene rings is 1. The van der Waals surface area contributed by atoms with E-state index in [1.54, 1.807) is 23.6 Å². The molecule has 4 aromatic rings. The quantitative estimate of drug-likeness (QED) is 0.597. The van der Waals surface area contributed by atoms with E-state index in [9.17, 15) is 9.59 Å². The van der Waals surface area contributed by atoms with E-state index in [-0.39, 0.29) is 23.6 Å². The summed E-state index contributed by atoms with van der Waals surface area (Å²) in [5.41, 5.74) is 0.0268. The molecule has 1 N–H and O–H groups in total. The van der Waals surface area contributed by atoms with Crippen molar-refractivity contribution in [2.75, 3.05) is 0 Å². The second-order valence-corrected chi connectivity index (χ2v) is 5.19. The maximum absolute atomic E-state index is 12.5. The van der Waals surface area contributed by atoms with Gasteiger partial charge in [-0.1, -0.05) is 0 Å². The number of aromatic amines is 1. The minimum Gasteiger partial charge on any atom is -0.467 e. The molecule has 0 aliphatic carbocycles. The van der Waals surface area contributed by atoms with Crippen LogP contribution in [-0.4, -0.2) is 19.2 Å². The fraction of sp³-hybridized carbons (Fsp3) is 0.0833. The van der Waals surface area contributed by atoms with Crippen LogP contribution in [0, 0.1) is 0 Å². The molecule has 0 spiro atoms. The molecule has 4 heterocycles. The molecule has 20 heavy (non-hydrogen) atoms. The zero-order valence-electron chi connectivity index (χ0n) is 10.1. The molecule has 0 bridgehead atoms. The first-order valence-electron chi connectivity index (χ1n) is 5.85. The molecular weight excluding hydrogens is 280 g/mol. The summed E-state index contributed by atoms with van der Waals surface area (Å²) in [7, 11) is 0. The monoisotopic (exact) mass is 288 g/mol. The van der Waals surface area contributed by atoms with Crippen LogP contribution in [0.5, 0.6) is 0 Å². The van der Waals surface area contributed by atoms with Crippen LogP contribution in [0.1, 0.15) is 5.76 Å². The van der Waals surface area contributed by atoms with Gasteiger partial charge in [-0.15, -0.1) is 16.4 Å². The van der Waals surface area contributed by atoms with Crippen LogP contribution in [0.25, 0.3) is 16.0 Å². The van der Waals surface area contributed by atoms with Crippen molar-refractivity contribution in [1.29, 1.82) is 0 Å². The molecule has 0 amide bonds. The van der Waals surface area contributed by atoms with Crippen molar-refractivity contribution in [3.63, 3.8) is 0 Å². The molecule has 0 radical (unpaired) electrons. The van der Waals surface area contributed by atoms with Gasteiger partial charge in [0.05, 0.1) is 18.3 Å².